The molecule has 0 amide bonds. The van der Waals surface area contributed by atoms with E-state index in [0.29, 0.717) is 0 Å². The first-order chi connectivity index (χ1) is 6.81. The van der Waals surface area contributed by atoms with Crippen LogP contribution in [0.15, 0.2) is 0 Å². The van der Waals surface area contributed by atoms with Crippen LogP contribution in [0.4, 0.5) is 0 Å². The van der Waals surface area contributed by atoms with Crippen molar-refractivity contribution in [2.45, 2.75) is 6.92 Å². The van der Waals surface area contributed by atoms with Gasteiger partial charge in [0.1, 0.15) is 0 Å². The van der Waals surface area contributed by atoms with Crippen molar-refractivity contribution in [2.75, 3.05) is 0 Å². The van der Waals surface area contributed by atoms with Gasteiger partial charge in [0.15, 0.2) is 17.9 Å². The minimum atomic E-state index is -1.08. The Labute approximate surface area is 271 Å². The standard InChI is InChI=1S/C3H6O2P.C2H4O2P.C2H3O2.3CH3.3W.3Y/c1-2-3(4)5-6;1-2(3)4-5;1-2(3)4;;;;;;;;;/h2H,6H2,1H3;1,5H2;1H2,(H,3,4);3*1H3;;;;;;/q6*-1;;2*+2;;;. The Kier molecular flexibility index (Phi) is 235. The fraction of sp³-hybridized carbons (Fsp3) is 0.100. The maximum atomic E-state index is 9.88. The summed E-state index contributed by atoms with van der Waals surface area (Å²) < 4.78 is 8.04. The van der Waals surface area contributed by atoms with E-state index in [-0.39, 0.29) is 190 Å². The topological polar surface area (TPSA) is 89.9 Å². The van der Waals surface area contributed by atoms with Crippen molar-refractivity contribution < 1.29 is 190 Å². The van der Waals surface area contributed by atoms with E-state index in [1.165, 1.54) is 6.42 Å². The molecular formula is C10H22O6P2W3Y3-2. The van der Waals surface area contributed by atoms with Crippen LogP contribution in [-0.4, -0.2) is 23.0 Å². The molecule has 24 heavy (non-hydrogen) atoms. The van der Waals surface area contributed by atoms with Gasteiger partial charge in [0.25, 0.3) is 0 Å². The van der Waals surface area contributed by atoms with Gasteiger partial charge in [-0.15, -0.1) is 0 Å². The van der Waals surface area contributed by atoms with Crippen molar-refractivity contribution in [1.82, 2.24) is 0 Å². The van der Waals surface area contributed by atoms with Crippen molar-refractivity contribution in [3.8, 4) is 0 Å². The summed E-state index contributed by atoms with van der Waals surface area (Å²) in [6.07, 6.45) is 1.34. The first kappa shape index (κ1) is 79.4. The van der Waals surface area contributed by atoms with E-state index in [1.54, 1.807) is 16.4 Å². The van der Waals surface area contributed by atoms with Crippen LogP contribution in [0.2, 0.25) is 0 Å². The average molecular weight is 1120 g/mol. The van der Waals surface area contributed by atoms with Crippen LogP contribution in [0.3, 0.4) is 0 Å². The monoisotopic (exact) mass is 1120 g/mol. The number of carboxylic acid groups (broad SMARTS) is 1. The van der Waals surface area contributed by atoms with Gasteiger partial charge in [0.05, 0.1) is 18.9 Å². The van der Waals surface area contributed by atoms with Crippen molar-refractivity contribution in [2.24, 2.45) is 0 Å². The molecule has 0 heterocycles. The maximum Gasteiger partial charge on any atom is 2.00 e. The summed E-state index contributed by atoms with van der Waals surface area (Å²) in [7, 11) is 3.64. The van der Waals surface area contributed by atoms with E-state index in [2.05, 4.69) is 22.9 Å². The molecule has 3 radical (unpaired) electrons. The van der Waals surface area contributed by atoms with Gasteiger partial charge >= 0.3 is 42.1 Å². The second kappa shape index (κ2) is 71.1. The van der Waals surface area contributed by atoms with Crippen molar-refractivity contribution in [3.63, 3.8) is 0 Å². The first-order valence-corrected chi connectivity index (χ1v) is 4.23. The molecule has 1 N–H and O–H groups in total. The van der Waals surface area contributed by atoms with Gasteiger partial charge < -0.3 is 36.4 Å². The maximum absolute atomic E-state index is 9.88. The number of aliphatic carboxylic acids is 1. The molecule has 0 aromatic heterocycles. The van der Waals surface area contributed by atoms with E-state index in [9.17, 15) is 9.59 Å². The second-order valence-corrected chi connectivity index (χ2v) is 2.08. The Morgan fingerprint density at radius 2 is 1.08 bits per heavy atom. The summed E-state index contributed by atoms with van der Waals surface area (Å²) >= 11 is 0. The van der Waals surface area contributed by atoms with Gasteiger partial charge in [-0.25, -0.2) is 0 Å². The molecule has 6 nitrogen and oxygen atoms in total. The van der Waals surface area contributed by atoms with E-state index < -0.39 is 11.9 Å². The van der Waals surface area contributed by atoms with Gasteiger partial charge in [-0.3, -0.25) is 34.7 Å². The Bertz CT molecular complexity index is 212. The quantitative estimate of drug-likeness (QED) is 0.320. The zero-order chi connectivity index (χ0) is 12.9. The summed E-state index contributed by atoms with van der Waals surface area (Å²) in [5.41, 5.74) is 0. The summed E-state index contributed by atoms with van der Waals surface area (Å²) in [5, 5.41) is 7.31. The zero-order valence-corrected chi connectivity index (χ0v) is 33.7. The van der Waals surface area contributed by atoms with Crippen LogP contribution < -0.4 is 0 Å². The van der Waals surface area contributed by atoms with Gasteiger partial charge in [0, 0.05) is 119 Å². The number of rotatable bonds is 1. The van der Waals surface area contributed by atoms with Crippen molar-refractivity contribution in [1.29, 1.82) is 0 Å². The SMILES string of the molecule is C[CH-]C(=O)OP.[CH2-]C(=O)O.[CH2-]C(=O)OP.[CH3-].[CH3-].[CH3-].[W+2].[W+2].[W].[Y].[Y].[Y]. The normalized spacial score (nSPS) is 4.12. The number of carbonyl (C=O) groups is 3. The van der Waals surface area contributed by atoms with E-state index in [4.69, 9.17) is 9.90 Å². The third-order valence-corrected chi connectivity index (χ3v) is 0.979. The number of carbonyl (C=O) groups excluding carboxylic acids is 2. The van der Waals surface area contributed by atoms with Gasteiger partial charge in [0.2, 0.25) is 0 Å². The summed E-state index contributed by atoms with van der Waals surface area (Å²) in [4.78, 5) is 28.2. The Hall–Kier alpha value is 4.26. The van der Waals surface area contributed by atoms with Crippen LogP contribution in [0, 0.1) is 42.5 Å². The molecule has 0 rings (SSSR count). The molecule has 0 spiro atoms. The minimum Gasteiger partial charge on any atom is -0.503 e. The van der Waals surface area contributed by atoms with Crippen LogP contribution in [0.1, 0.15) is 6.92 Å². The molecule has 14 heteroatoms. The molecular weight excluding hydrogens is 1100 g/mol. The van der Waals surface area contributed by atoms with Gasteiger partial charge in [-0.1, -0.05) is 0 Å². The zero-order valence-electron chi connectivity index (χ0n) is 14.1. The first-order valence-electron chi connectivity index (χ1n) is 3.29. The summed E-state index contributed by atoms with van der Waals surface area (Å²) in [6.45, 7) is 7.05. The van der Waals surface area contributed by atoms with Gasteiger partial charge in [-0.05, 0) is 0 Å². The Balaban J connectivity index is -0.00000000766. The van der Waals surface area contributed by atoms with Crippen molar-refractivity contribution in [3.05, 3.63) is 42.5 Å². The number of hydrogen-bond donors (Lipinski definition) is 1. The van der Waals surface area contributed by atoms with Crippen LogP contribution in [0.5, 0.6) is 0 Å². The molecule has 0 saturated heterocycles. The fourth-order valence-electron chi connectivity index (χ4n) is 0.0680. The molecule has 2 atom stereocenters. The Morgan fingerprint density at radius 3 is 1.08 bits per heavy atom. The molecule has 0 aromatic carbocycles. The summed E-state index contributed by atoms with van der Waals surface area (Å²) in [6, 6.07) is 0. The molecule has 0 saturated carbocycles. The predicted molar refractivity (Wildman–Crippen MR) is 79.2 cm³/mol. The van der Waals surface area contributed by atoms with Crippen LogP contribution >= 0.6 is 18.9 Å². The largest absolute Gasteiger partial charge is 2.00 e. The molecule has 0 bridgehead atoms. The molecule has 137 valence electrons. The Morgan fingerprint density at radius 1 is 0.917 bits per heavy atom. The fourth-order valence-corrected chi connectivity index (χ4v) is 0.204. The molecule has 0 fully saturated rings. The van der Waals surface area contributed by atoms with E-state index in [1.807, 2.05) is 9.47 Å². The number of hydrogen-bond acceptors (Lipinski definition) is 5. The number of carboxylic acids is 1. The second-order valence-electron chi connectivity index (χ2n) is 1.61. The smallest absolute Gasteiger partial charge is 0.503 e. The minimum absolute atomic E-state index is 0. The van der Waals surface area contributed by atoms with E-state index in [0.717, 1.165) is 0 Å². The van der Waals surface area contributed by atoms with E-state index >= 15 is 0 Å². The molecule has 0 aliphatic heterocycles. The third kappa shape index (κ3) is 159. The van der Waals surface area contributed by atoms with Crippen LogP contribution in [-0.2, 0) is 185 Å². The molecule has 0 aliphatic rings. The van der Waals surface area contributed by atoms with Gasteiger partial charge in [-0.2, -0.15) is 6.92 Å². The third-order valence-electron chi connectivity index (χ3n) is 0.483. The predicted octanol–water partition coefficient (Wildman–Crippen LogP) is 1.94. The summed E-state index contributed by atoms with van der Waals surface area (Å²) in [5.74, 6) is -1.94. The molecule has 2 unspecified atom stereocenters. The van der Waals surface area contributed by atoms with Crippen LogP contribution in [0.25, 0.3) is 0 Å². The molecule has 0 aliphatic carbocycles. The van der Waals surface area contributed by atoms with Crippen molar-refractivity contribution >= 4 is 36.8 Å². The molecule has 0 aromatic rings. The average Bonchev–Trinajstić information content (AvgIpc) is 2.16.